The van der Waals surface area contributed by atoms with E-state index in [9.17, 15) is 0 Å². The Morgan fingerprint density at radius 1 is 0.267 bits per heavy atom. The van der Waals surface area contributed by atoms with Crippen molar-refractivity contribution >= 4 is 0 Å². The molecule has 0 fully saturated rings. The molecule has 0 heterocycles. The fraction of sp³-hybridized carbons (Fsp3) is 1.00. The third-order valence-corrected chi connectivity index (χ3v) is 12.6. The SMILES string of the molecule is C.CC(C)(C)C(C)(C)C(C)(C)C.CC(C)(C)C(C)(C)C(C)(C)C.CC(C)(C)CC(C)(C)C.CCC(CC)(C(C)(C)C)C(C)(C)C. The van der Waals surface area contributed by atoms with E-state index in [2.05, 4.69) is 208 Å². The average molecular weight is 641 g/mol. The van der Waals surface area contributed by atoms with Crippen LogP contribution in [0.15, 0.2) is 0 Å². The predicted octanol–water partition coefficient (Wildman–Crippen LogP) is 17.2. The van der Waals surface area contributed by atoms with Gasteiger partial charge in [-0.25, -0.2) is 0 Å². The standard InChI is InChI=1S/C13H28.2C11H24.C9H20.CH4/c1-9-13(10-2,11(3,4)5)12(6,7)8;2*1-9(2,3)11(7,8)10(4,5)6;1-8(2,3)7-9(4,5)6;/h9-10H2,1-8H3;2*1-8H3;7H2,1-6H3;1H4. The summed E-state index contributed by atoms with van der Waals surface area (Å²) in [4.78, 5) is 0. The van der Waals surface area contributed by atoms with E-state index >= 15 is 0 Å². The second-order valence-corrected chi connectivity index (χ2v) is 23.8. The molecule has 0 aromatic carbocycles. The van der Waals surface area contributed by atoms with Crippen LogP contribution < -0.4 is 0 Å². The molecule has 0 rings (SSSR count). The van der Waals surface area contributed by atoms with Crippen molar-refractivity contribution in [1.82, 2.24) is 0 Å². The molecule has 0 aromatic rings. The van der Waals surface area contributed by atoms with Crippen molar-refractivity contribution in [2.75, 3.05) is 0 Å². The molecule has 0 bridgehead atoms. The van der Waals surface area contributed by atoms with E-state index in [1.54, 1.807) is 0 Å². The Balaban J connectivity index is -0.000000158. The smallest absolute Gasteiger partial charge is 0.0205 e. The van der Waals surface area contributed by atoms with E-state index < -0.39 is 0 Å². The minimum Gasteiger partial charge on any atom is -0.0776 e. The lowest BCUT2D eigenvalue weighted by Gasteiger charge is -2.53. The molecule has 0 heteroatoms. The summed E-state index contributed by atoms with van der Waals surface area (Å²) in [6.07, 6.45) is 3.84. The monoisotopic (exact) mass is 641 g/mol. The third kappa shape index (κ3) is 17.8. The van der Waals surface area contributed by atoms with Crippen LogP contribution in [-0.4, -0.2) is 0 Å². The quantitative estimate of drug-likeness (QED) is 0.282. The highest BCUT2D eigenvalue weighted by molar-refractivity contribution is 4.97. The van der Waals surface area contributed by atoms with Gasteiger partial charge in [-0.15, -0.1) is 0 Å². The van der Waals surface area contributed by atoms with Gasteiger partial charge in [0.25, 0.3) is 0 Å². The Morgan fingerprint density at radius 3 is 0.422 bits per heavy atom. The van der Waals surface area contributed by atoms with Crippen LogP contribution in [0.1, 0.15) is 234 Å². The number of hydrogen-bond acceptors (Lipinski definition) is 0. The maximum absolute atomic E-state index is 2.38. The van der Waals surface area contributed by atoms with Crippen LogP contribution in [0.25, 0.3) is 0 Å². The highest BCUT2D eigenvalue weighted by Crippen LogP contribution is 2.56. The van der Waals surface area contributed by atoms with Gasteiger partial charge in [0, 0.05) is 0 Å². The molecule has 0 nitrogen and oxygen atoms in total. The summed E-state index contributed by atoms with van der Waals surface area (Å²) in [5.41, 5.74) is 4.49. The van der Waals surface area contributed by atoms with Crippen LogP contribution in [-0.2, 0) is 0 Å². The Hall–Kier alpha value is 0. The minimum atomic E-state index is 0. The number of rotatable bonds is 2. The van der Waals surface area contributed by atoms with Gasteiger partial charge in [-0.2, -0.15) is 0 Å². The van der Waals surface area contributed by atoms with Crippen LogP contribution in [0.5, 0.6) is 0 Å². The van der Waals surface area contributed by atoms with Gasteiger partial charge in [0.2, 0.25) is 0 Å². The number of hydrogen-bond donors (Lipinski definition) is 0. The lowest BCUT2D eigenvalue weighted by Crippen LogP contribution is -2.45. The lowest BCUT2D eigenvalue weighted by molar-refractivity contribution is -0.0395. The van der Waals surface area contributed by atoms with Crippen molar-refractivity contribution in [2.24, 2.45) is 59.6 Å². The molecule has 0 aromatic heterocycles. The molecule has 0 atom stereocenters. The van der Waals surface area contributed by atoms with Gasteiger partial charge in [0.15, 0.2) is 0 Å². The molecule has 45 heavy (non-hydrogen) atoms. The second-order valence-electron chi connectivity index (χ2n) is 23.8. The molecular weight excluding hydrogens is 540 g/mol. The van der Waals surface area contributed by atoms with Crippen molar-refractivity contribution in [1.29, 1.82) is 0 Å². The highest BCUT2D eigenvalue weighted by Gasteiger charge is 2.47. The molecule has 0 spiro atoms. The Labute approximate surface area is 293 Å². The van der Waals surface area contributed by atoms with E-state index in [0.717, 1.165) is 0 Å². The van der Waals surface area contributed by atoms with Crippen molar-refractivity contribution in [3.05, 3.63) is 0 Å². The molecule has 0 unspecified atom stereocenters. The Morgan fingerprint density at radius 2 is 0.422 bits per heavy atom. The highest BCUT2D eigenvalue weighted by atomic mass is 14.5. The van der Waals surface area contributed by atoms with Gasteiger partial charge in [0.05, 0.1) is 0 Å². The van der Waals surface area contributed by atoms with Crippen LogP contribution in [0.2, 0.25) is 0 Å². The first-order valence-electron chi connectivity index (χ1n) is 18.3. The van der Waals surface area contributed by atoms with E-state index in [0.29, 0.717) is 59.6 Å². The molecule has 0 aliphatic heterocycles. The van der Waals surface area contributed by atoms with E-state index in [4.69, 9.17) is 0 Å². The average Bonchev–Trinajstić information content (AvgIpc) is 2.62. The van der Waals surface area contributed by atoms with Crippen LogP contribution in [0.4, 0.5) is 0 Å². The molecule has 0 radical (unpaired) electrons. The van der Waals surface area contributed by atoms with Crippen LogP contribution in [0, 0.1) is 59.6 Å². The molecule has 0 saturated carbocycles. The van der Waals surface area contributed by atoms with Crippen molar-refractivity contribution in [2.45, 2.75) is 234 Å². The first-order chi connectivity index (χ1) is 18.3. The summed E-state index contributed by atoms with van der Waals surface area (Å²) >= 11 is 0. The topological polar surface area (TPSA) is 0 Å². The Kier molecular flexibility index (Phi) is 20.7. The fourth-order valence-corrected chi connectivity index (χ4v) is 7.34. The van der Waals surface area contributed by atoms with Crippen LogP contribution >= 0.6 is 0 Å². The Bertz CT molecular complexity index is 657. The van der Waals surface area contributed by atoms with Crippen molar-refractivity contribution in [3.63, 3.8) is 0 Å². The van der Waals surface area contributed by atoms with Crippen LogP contribution in [0.3, 0.4) is 0 Å². The van der Waals surface area contributed by atoms with Crippen molar-refractivity contribution < 1.29 is 0 Å². The normalized spacial score (nSPS) is 14.5. The first kappa shape index (κ1) is 54.5. The first-order valence-corrected chi connectivity index (χ1v) is 18.3. The van der Waals surface area contributed by atoms with Gasteiger partial charge in [-0.3, -0.25) is 0 Å². The molecule has 0 saturated heterocycles. The summed E-state index contributed by atoms with van der Waals surface area (Å²) in [5, 5.41) is 0. The zero-order valence-corrected chi connectivity index (χ0v) is 37.6. The molecular formula is C45H100. The fourth-order valence-electron chi connectivity index (χ4n) is 7.34. The second kappa shape index (κ2) is 17.1. The molecule has 0 aliphatic carbocycles. The maximum atomic E-state index is 2.38. The maximum Gasteiger partial charge on any atom is -0.0205 e. The lowest BCUT2D eigenvalue weighted by atomic mass is 9.52. The molecule has 280 valence electrons. The third-order valence-electron chi connectivity index (χ3n) is 12.6. The van der Waals surface area contributed by atoms with E-state index in [1.807, 2.05) is 0 Å². The largest absolute Gasteiger partial charge is 0.0776 e. The van der Waals surface area contributed by atoms with Gasteiger partial charge >= 0.3 is 0 Å². The summed E-state index contributed by atoms with van der Waals surface area (Å²) in [7, 11) is 0. The predicted molar refractivity (Wildman–Crippen MR) is 218 cm³/mol. The minimum absolute atomic E-state index is 0. The molecule has 0 aliphatic rings. The zero-order chi connectivity index (χ0) is 37.6. The van der Waals surface area contributed by atoms with Crippen molar-refractivity contribution in [3.8, 4) is 0 Å². The molecule has 0 amide bonds. The summed E-state index contributed by atoms with van der Waals surface area (Å²) in [6, 6.07) is 0. The zero-order valence-electron chi connectivity index (χ0n) is 37.6. The van der Waals surface area contributed by atoms with Gasteiger partial charge < -0.3 is 0 Å². The van der Waals surface area contributed by atoms with Gasteiger partial charge in [-0.1, -0.05) is 215 Å². The van der Waals surface area contributed by atoms with E-state index in [-0.39, 0.29) is 7.43 Å². The summed E-state index contributed by atoms with van der Waals surface area (Å²) < 4.78 is 0. The van der Waals surface area contributed by atoms with Gasteiger partial charge in [0.1, 0.15) is 0 Å². The summed E-state index contributed by atoms with van der Waals surface area (Å²) in [6.45, 7) is 69.9. The molecule has 0 N–H and O–H groups in total. The van der Waals surface area contributed by atoms with E-state index in [1.165, 1.54) is 19.3 Å². The van der Waals surface area contributed by atoms with Gasteiger partial charge in [-0.05, 0) is 78.8 Å². The summed E-state index contributed by atoms with van der Waals surface area (Å²) in [5.74, 6) is 0.